The number of benzene rings is 2. The molecule has 1 unspecified atom stereocenters. The molecule has 0 spiro atoms. The fourth-order valence-corrected chi connectivity index (χ4v) is 3.88. The maximum atomic E-state index is 13.3. The number of carbonyl (C=O) groups excluding carboxylic acids is 1. The third kappa shape index (κ3) is 7.58. The van der Waals surface area contributed by atoms with Gasteiger partial charge in [0.2, 0.25) is 5.91 Å². The first-order valence-electron chi connectivity index (χ1n) is 10.8. The zero-order valence-corrected chi connectivity index (χ0v) is 20.4. The highest BCUT2D eigenvalue weighted by Gasteiger charge is 2.37. The minimum Gasteiger partial charge on any atom is -0.350 e. The zero-order chi connectivity index (χ0) is 26.6. The lowest BCUT2D eigenvalue weighted by Crippen LogP contribution is -2.51. The van der Waals surface area contributed by atoms with Gasteiger partial charge in [-0.2, -0.15) is 26.3 Å². The van der Waals surface area contributed by atoms with E-state index in [1.165, 1.54) is 0 Å². The van der Waals surface area contributed by atoms with Crippen molar-refractivity contribution in [3.63, 3.8) is 0 Å². The first-order valence-corrected chi connectivity index (χ1v) is 11.2. The summed E-state index contributed by atoms with van der Waals surface area (Å²) in [4.78, 5) is 14.9. The van der Waals surface area contributed by atoms with E-state index in [1.54, 1.807) is 25.8 Å². The molecule has 0 saturated carbocycles. The number of likely N-dealkylation sites (N-methyl/N-ethyl adjacent to an activating group) is 1. The molecule has 1 amide bonds. The molecule has 0 aromatic heterocycles. The van der Waals surface area contributed by atoms with E-state index in [1.807, 2.05) is 37.3 Å². The van der Waals surface area contributed by atoms with E-state index in [9.17, 15) is 31.1 Å². The van der Waals surface area contributed by atoms with Gasteiger partial charge >= 0.3 is 12.4 Å². The third-order valence-corrected chi connectivity index (χ3v) is 5.67. The van der Waals surface area contributed by atoms with Gasteiger partial charge in [-0.15, -0.1) is 0 Å². The molecule has 0 saturated heterocycles. The van der Waals surface area contributed by atoms with Crippen LogP contribution in [-0.4, -0.2) is 29.0 Å². The molecule has 0 bridgehead atoms. The molecule has 2 atom stereocenters. The van der Waals surface area contributed by atoms with Gasteiger partial charge in [-0.25, -0.2) is 0 Å². The summed E-state index contributed by atoms with van der Waals surface area (Å²) in [6, 6.07) is 9.37. The van der Waals surface area contributed by atoms with Crippen molar-refractivity contribution in [2.75, 3.05) is 12.4 Å². The molecule has 0 aliphatic carbocycles. The first-order chi connectivity index (χ1) is 16.1. The van der Waals surface area contributed by atoms with Gasteiger partial charge in [0, 0.05) is 12.7 Å². The molecule has 4 nitrogen and oxygen atoms in total. The summed E-state index contributed by atoms with van der Waals surface area (Å²) in [5, 5.41) is 4.86. The van der Waals surface area contributed by atoms with Crippen LogP contribution >= 0.6 is 12.2 Å². The summed E-state index contributed by atoms with van der Waals surface area (Å²) >= 11 is 5.14. The summed E-state index contributed by atoms with van der Waals surface area (Å²) in [5.41, 5.74) is -2.51. The second-order valence-corrected chi connectivity index (χ2v) is 8.81. The van der Waals surface area contributed by atoms with Gasteiger partial charge in [-0.05, 0) is 48.3 Å². The third-order valence-electron chi connectivity index (χ3n) is 5.45. The summed E-state index contributed by atoms with van der Waals surface area (Å²) in [6.45, 7) is 5.43. The van der Waals surface area contributed by atoms with E-state index < -0.39 is 35.2 Å². The Hall–Kier alpha value is -2.82. The largest absolute Gasteiger partial charge is 0.416 e. The summed E-state index contributed by atoms with van der Waals surface area (Å²) in [6.07, 6.45) is -9.35. The number of thiocarbonyl (C=S) groups is 1. The Balaban J connectivity index is 2.25. The molecule has 0 radical (unpaired) electrons. The van der Waals surface area contributed by atoms with Gasteiger partial charge in [-0.1, -0.05) is 51.1 Å². The smallest absolute Gasteiger partial charge is 0.350 e. The van der Waals surface area contributed by atoms with Gasteiger partial charge in [-0.3, -0.25) is 4.79 Å². The fourth-order valence-electron chi connectivity index (χ4n) is 3.63. The zero-order valence-electron chi connectivity index (χ0n) is 19.6. The second-order valence-electron chi connectivity index (χ2n) is 8.40. The molecule has 0 heterocycles. The molecular formula is C24H27F6N3OS. The van der Waals surface area contributed by atoms with Crippen molar-refractivity contribution in [1.82, 2.24) is 10.2 Å². The van der Waals surface area contributed by atoms with Crippen LogP contribution in [-0.2, 0) is 17.1 Å². The normalized spacial score (nSPS) is 13.8. The number of halogens is 6. The summed E-state index contributed by atoms with van der Waals surface area (Å²) < 4.78 is 78.8. The average molecular weight is 520 g/mol. The maximum Gasteiger partial charge on any atom is 0.416 e. The van der Waals surface area contributed by atoms with E-state index >= 15 is 0 Å². The Kier molecular flexibility index (Phi) is 9.16. The fraction of sp³-hybridized carbons (Fsp3) is 0.417. The van der Waals surface area contributed by atoms with E-state index in [0.717, 1.165) is 5.56 Å². The van der Waals surface area contributed by atoms with Gasteiger partial charge in [0.1, 0.15) is 6.04 Å². The van der Waals surface area contributed by atoms with Crippen LogP contribution in [0, 0.1) is 5.92 Å². The van der Waals surface area contributed by atoms with E-state index in [-0.39, 0.29) is 29.0 Å². The van der Waals surface area contributed by atoms with Gasteiger partial charge in [0.15, 0.2) is 5.11 Å². The van der Waals surface area contributed by atoms with Crippen molar-refractivity contribution < 1.29 is 31.1 Å². The number of nitrogens with one attached hydrogen (secondary N) is 2. The van der Waals surface area contributed by atoms with Crippen LogP contribution < -0.4 is 10.6 Å². The van der Waals surface area contributed by atoms with Crippen molar-refractivity contribution in [3.05, 3.63) is 65.2 Å². The van der Waals surface area contributed by atoms with Crippen LogP contribution in [0.15, 0.2) is 48.5 Å². The van der Waals surface area contributed by atoms with Crippen molar-refractivity contribution in [3.8, 4) is 0 Å². The lowest BCUT2D eigenvalue weighted by atomic mass is 9.99. The number of anilines is 1. The summed E-state index contributed by atoms with van der Waals surface area (Å²) in [5.74, 6) is -0.606. The quantitative estimate of drug-likeness (QED) is 0.318. The molecular weight excluding hydrogens is 492 g/mol. The Morgan fingerprint density at radius 1 is 0.971 bits per heavy atom. The molecule has 2 rings (SSSR count). The van der Waals surface area contributed by atoms with Crippen LogP contribution in [0.2, 0.25) is 0 Å². The number of rotatable bonds is 7. The van der Waals surface area contributed by atoms with Crippen LogP contribution in [0.5, 0.6) is 0 Å². The minimum atomic E-state index is -4.99. The van der Waals surface area contributed by atoms with Crippen LogP contribution in [0.1, 0.15) is 49.9 Å². The Bertz CT molecular complexity index is 992. The Morgan fingerprint density at radius 3 is 1.91 bits per heavy atom. The predicted octanol–water partition coefficient (Wildman–Crippen LogP) is 6.64. The minimum absolute atomic E-state index is 0.0333. The number of hydrogen-bond donors (Lipinski definition) is 2. The van der Waals surface area contributed by atoms with E-state index in [4.69, 9.17) is 12.2 Å². The summed E-state index contributed by atoms with van der Waals surface area (Å²) in [7, 11) is 1.64. The van der Waals surface area contributed by atoms with Crippen molar-refractivity contribution >= 4 is 28.9 Å². The molecule has 2 N–H and O–H groups in total. The van der Waals surface area contributed by atoms with Crippen molar-refractivity contribution in [2.45, 2.75) is 51.6 Å². The average Bonchev–Trinajstić information content (AvgIpc) is 2.76. The number of amides is 1. The topological polar surface area (TPSA) is 44.4 Å². The number of hydrogen-bond acceptors (Lipinski definition) is 2. The molecule has 11 heteroatoms. The Labute approximate surface area is 205 Å². The highest BCUT2D eigenvalue weighted by Crippen LogP contribution is 2.37. The molecule has 0 aliphatic heterocycles. The lowest BCUT2D eigenvalue weighted by molar-refractivity contribution is -0.143. The SMILES string of the molecule is CC[C@@H](c1ccccc1)N(C)C(=O)C(NC(=S)Nc1cc(C(F)(F)F)cc(C(F)(F)F)c1)C(C)C. The molecule has 0 fully saturated rings. The molecule has 2 aromatic carbocycles. The van der Waals surface area contributed by atoms with E-state index in [0.29, 0.717) is 18.6 Å². The van der Waals surface area contributed by atoms with Crippen molar-refractivity contribution in [1.29, 1.82) is 0 Å². The van der Waals surface area contributed by atoms with Crippen LogP contribution in [0.4, 0.5) is 32.0 Å². The molecule has 192 valence electrons. The van der Waals surface area contributed by atoms with Gasteiger partial charge in [0.25, 0.3) is 0 Å². The molecule has 0 aliphatic rings. The van der Waals surface area contributed by atoms with Crippen molar-refractivity contribution in [2.24, 2.45) is 5.92 Å². The van der Waals surface area contributed by atoms with Crippen LogP contribution in [0.25, 0.3) is 0 Å². The van der Waals surface area contributed by atoms with Gasteiger partial charge in [0.05, 0.1) is 17.2 Å². The standard InChI is InChI=1S/C24H27F6N3OS/c1-5-19(15-9-7-6-8-10-15)33(4)21(34)20(14(2)3)32-22(35)31-18-12-16(23(25,26)27)11-17(13-18)24(28,29)30/h6-14,19-20H,5H2,1-4H3,(H2,31,32,35)/t19-,20?/m0/s1. The molecule has 2 aromatic rings. The number of nitrogens with zero attached hydrogens (tertiary/aromatic N) is 1. The first kappa shape index (κ1) is 28.4. The maximum absolute atomic E-state index is 13.3. The lowest BCUT2D eigenvalue weighted by Gasteiger charge is -2.33. The second kappa shape index (κ2) is 11.3. The predicted molar refractivity (Wildman–Crippen MR) is 127 cm³/mol. The Morgan fingerprint density at radius 2 is 1.49 bits per heavy atom. The highest BCUT2D eigenvalue weighted by atomic mass is 32.1. The highest BCUT2D eigenvalue weighted by molar-refractivity contribution is 7.80. The van der Waals surface area contributed by atoms with E-state index in [2.05, 4.69) is 10.6 Å². The van der Waals surface area contributed by atoms with Crippen LogP contribution in [0.3, 0.4) is 0 Å². The number of carbonyl (C=O) groups is 1. The number of alkyl halides is 6. The van der Waals surface area contributed by atoms with Gasteiger partial charge < -0.3 is 15.5 Å². The molecule has 35 heavy (non-hydrogen) atoms. The monoisotopic (exact) mass is 519 g/mol.